The molecule has 27 heavy (non-hydrogen) atoms. The molecule has 0 unspecified atom stereocenters. The van der Waals surface area contributed by atoms with E-state index < -0.39 is 0 Å². The summed E-state index contributed by atoms with van der Waals surface area (Å²) in [5, 5.41) is 8.89. The lowest BCUT2D eigenvalue weighted by molar-refractivity contribution is -0.127. The van der Waals surface area contributed by atoms with Gasteiger partial charge in [0.1, 0.15) is 0 Å². The first-order valence-electron chi connectivity index (χ1n) is 9.56. The molecular weight excluding hydrogens is 344 g/mol. The average molecular weight is 377 g/mol. The largest absolute Gasteiger partial charge is 0.379 e. The Morgan fingerprint density at radius 1 is 1.22 bits per heavy atom. The Balaban J connectivity index is 1.84. The molecular formula is C20H32N4O3. The number of nitrogens with zero attached hydrogens (tertiary/aromatic N) is 1. The normalized spacial score (nSPS) is 22.7. The molecule has 1 aliphatic rings. The summed E-state index contributed by atoms with van der Waals surface area (Å²) in [5.41, 5.74) is 0.831. The molecule has 7 heteroatoms. The van der Waals surface area contributed by atoms with Crippen LogP contribution < -0.4 is 16.0 Å². The summed E-state index contributed by atoms with van der Waals surface area (Å²) >= 11 is 0. The van der Waals surface area contributed by atoms with Gasteiger partial charge >= 0.3 is 6.03 Å². The second-order valence-corrected chi connectivity index (χ2v) is 8.14. The van der Waals surface area contributed by atoms with E-state index in [-0.39, 0.29) is 35.5 Å². The Hall–Kier alpha value is -2.15. The first kappa shape index (κ1) is 21.2. The fraction of sp³-hybridized carbons (Fsp3) is 0.650. The van der Waals surface area contributed by atoms with E-state index in [0.29, 0.717) is 13.0 Å². The third-order valence-corrected chi connectivity index (χ3v) is 4.73. The number of rotatable bonds is 6. The van der Waals surface area contributed by atoms with Gasteiger partial charge in [0.05, 0.1) is 12.1 Å². The Morgan fingerprint density at radius 3 is 2.56 bits per heavy atom. The molecule has 0 aliphatic heterocycles. The van der Waals surface area contributed by atoms with E-state index in [4.69, 9.17) is 4.74 Å². The first-order chi connectivity index (χ1) is 12.8. The van der Waals surface area contributed by atoms with Crippen LogP contribution in [-0.2, 0) is 16.0 Å². The Morgan fingerprint density at radius 2 is 1.93 bits per heavy atom. The molecule has 1 aliphatic carbocycles. The van der Waals surface area contributed by atoms with Crippen LogP contribution in [0.1, 0.15) is 45.6 Å². The average Bonchev–Trinajstić information content (AvgIpc) is 2.60. The minimum Gasteiger partial charge on any atom is -0.379 e. The number of hydrogen-bond donors (Lipinski definition) is 3. The molecule has 150 valence electrons. The molecule has 1 aromatic rings. The Bertz CT molecular complexity index is 615. The summed E-state index contributed by atoms with van der Waals surface area (Å²) in [6.07, 6.45) is 6.30. The van der Waals surface area contributed by atoms with Gasteiger partial charge in [0.2, 0.25) is 5.91 Å². The van der Waals surface area contributed by atoms with Crippen LogP contribution in [0.5, 0.6) is 0 Å². The van der Waals surface area contributed by atoms with Crippen molar-refractivity contribution < 1.29 is 14.3 Å². The highest BCUT2D eigenvalue weighted by atomic mass is 16.5. The second kappa shape index (κ2) is 9.69. The molecule has 1 saturated carbocycles. The number of nitrogens with one attached hydrogen (secondary N) is 3. The minimum absolute atomic E-state index is 0.0432. The van der Waals surface area contributed by atoms with Crippen molar-refractivity contribution in [3.05, 3.63) is 30.1 Å². The molecule has 0 bridgehead atoms. The topological polar surface area (TPSA) is 92.3 Å². The first-order valence-corrected chi connectivity index (χ1v) is 9.56. The molecule has 0 aromatic carbocycles. The van der Waals surface area contributed by atoms with Crippen molar-refractivity contribution in [2.75, 3.05) is 13.7 Å². The lowest BCUT2D eigenvalue weighted by Gasteiger charge is -2.35. The van der Waals surface area contributed by atoms with Gasteiger partial charge < -0.3 is 20.7 Å². The van der Waals surface area contributed by atoms with Crippen LogP contribution in [0.25, 0.3) is 0 Å². The highest BCUT2D eigenvalue weighted by Crippen LogP contribution is 2.26. The predicted molar refractivity (Wildman–Crippen MR) is 104 cm³/mol. The number of hydrogen-bond acceptors (Lipinski definition) is 4. The number of methoxy groups -OCH3 is 1. The number of urea groups is 1. The van der Waals surface area contributed by atoms with Crippen LogP contribution in [0.4, 0.5) is 4.79 Å². The maximum absolute atomic E-state index is 12.6. The minimum atomic E-state index is -0.314. The Labute approximate surface area is 161 Å². The summed E-state index contributed by atoms with van der Waals surface area (Å²) in [6, 6.07) is 3.49. The van der Waals surface area contributed by atoms with Gasteiger partial charge in [-0.3, -0.25) is 9.78 Å². The van der Waals surface area contributed by atoms with Gasteiger partial charge in [-0.1, -0.05) is 0 Å². The molecule has 3 N–H and O–H groups in total. The van der Waals surface area contributed by atoms with Gasteiger partial charge in [-0.25, -0.2) is 4.79 Å². The summed E-state index contributed by atoms with van der Waals surface area (Å²) in [5.74, 6) is -0.0737. The fourth-order valence-corrected chi connectivity index (χ4v) is 3.38. The van der Waals surface area contributed by atoms with Crippen molar-refractivity contribution in [2.45, 2.75) is 64.1 Å². The molecule has 2 rings (SSSR count). The van der Waals surface area contributed by atoms with Crippen molar-refractivity contribution in [3.63, 3.8) is 0 Å². The maximum Gasteiger partial charge on any atom is 0.315 e. The molecule has 3 amide bonds. The van der Waals surface area contributed by atoms with Crippen LogP contribution in [0, 0.1) is 5.92 Å². The molecule has 1 fully saturated rings. The molecule has 0 spiro atoms. The number of amides is 3. The zero-order valence-electron chi connectivity index (χ0n) is 16.7. The smallest absolute Gasteiger partial charge is 0.315 e. The number of ether oxygens (including phenoxy) is 1. The molecule has 1 heterocycles. The van der Waals surface area contributed by atoms with Crippen LogP contribution in [0.2, 0.25) is 0 Å². The third-order valence-electron chi connectivity index (χ3n) is 4.73. The predicted octanol–water partition coefficient (Wildman–Crippen LogP) is 2.02. The number of carbonyl (C=O) groups excluding carboxylic acids is 2. The third kappa shape index (κ3) is 7.17. The second-order valence-electron chi connectivity index (χ2n) is 8.14. The van der Waals surface area contributed by atoms with Crippen molar-refractivity contribution in [1.82, 2.24) is 20.9 Å². The quantitative estimate of drug-likeness (QED) is 0.708. The van der Waals surface area contributed by atoms with Crippen LogP contribution in [-0.4, -0.2) is 48.3 Å². The van der Waals surface area contributed by atoms with E-state index in [1.165, 1.54) is 0 Å². The number of aromatic nitrogens is 1. The van der Waals surface area contributed by atoms with Crippen molar-refractivity contribution in [3.8, 4) is 0 Å². The molecule has 0 radical (unpaired) electrons. The molecule has 1 aromatic heterocycles. The molecule has 0 saturated heterocycles. The van der Waals surface area contributed by atoms with E-state index in [1.807, 2.05) is 32.9 Å². The van der Waals surface area contributed by atoms with E-state index in [9.17, 15) is 9.59 Å². The highest BCUT2D eigenvalue weighted by Gasteiger charge is 2.35. The highest BCUT2D eigenvalue weighted by molar-refractivity contribution is 5.79. The number of pyridine rings is 1. The summed E-state index contributed by atoms with van der Waals surface area (Å²) < 4.78 is 5.52. The van der Waals surface area contributed by atoms with E-state index in [0.717, 1.165) is 24.8 Å². The fourth-order valence-electron chi connectivity index (χ4n) is 3.38. The standard InChI is InChI=1S/C20H32N4O3/c1-20(2,3)24-19(26)23-16-13-15(5-6-17(16)27-4)18(25)22-12-9-14-7-10-21-11-8-14/h7-8,10-11,15-17H,5-6,9,12-13H2,1-4H3,(H,22,25)(H2,23,24,26)/t15-,16+,17+/m0/s1. The van der Waals surface area contributed by atoms with Crippen LogP contribution >= 0.6 is 0 Å². The summed E-state index contributed by atoms with van der Waals surface area (Å²) in [7, 11) is 1.65. The van der Waals surface area contributed by atoms with Crippen molar-refractivity contribution in [1.29, 1.82) is 0 Å². The number of carbonyl (C=O) groups is 2. The van der Waals surface area contributed by atoms with Gasteiger partial charge in [0.25, 0.3) is 0 Å². The van der Waals surface area contributed by atoms with Gasteiger partial charge in [-0.05, 0) is 64.2 Å². The van der Waals surface area contributed by atoms with Crippen LogP contribution in [0.15, 0.2) is 24.5 Å². The van der Waals surface area contributed by atoms with E-state index >= 15 is 0 Å². The monoisotopic (exact) mass is 376 g/mol. The van der Waals surface area contributed by atoms with Crippen LogP contribution in [0.3, 0.4) is 0 Å². The summed E-state index contributed by atoms with van der Waals surface area (Å²) in [6.45, 7) is 6.39. The lowest BCUT2D eigenvalue weighted by Crippen LogP contribution is -2.55. The van der Waals surface area contributed by atoms with Gasteiger partial charge in [0.15, 0.2) is 0 Å². The Kier molecular flexibility index (Phi) is 7.59. The SMILES string of the molecule is CO[C@@H]1CC[C@H](C(=O)NCCc2ccncc2)C[C@H]1NC(=O)NC(C)(C)C. The molecule has 3 atom stereocenters. The van der Waals surface area contributed by atoms with Gasteiger partial charge in [-0.15, -0.1) is 0 Å². The van der Waals surface area contributed by atoms with E-state index in [2.05, 4.69) is 20.9 Å². The van der Waals surface area contributed by atoms with Crippen molar-refractivity contribution >= 4 is 11.9 Å². The lowest BCUT2D eigenvalue weighted by atomic mass is 9.83. The van der Waals surface area contributed by atoms with E-state index in [1.54, 1.807) is 19.5 Å². The zero-order valence-corrected chi connectivity index (χ0v) is 16.7. The summed E-state index contributed by atoms with van der Waals surface area (Å²) in [4.78, 5) is 28.8. The maximum atomic E-state index is 12.6. The van der Waals surface area contributed by atoms with Gasteiger partial charge in [-0.2, -0.15) is 0 Å². The molecule has 7 nitrogen and oxygen atoms in total. The van der Waals surface area contributed by atoms with Gasteiger partial charge in [0, 0.05) is 37.5 Å². The van der Waals surface area contributed by atoms with Crippen molar-refractivity contribution in [2.24, 2.45) is 5.92 Å². The zero-order chi connectivity index (χ0) is 19.9.